The molecular formula is C16H25NO. The number of carbonyl (C=O) groups excluding carboxylic acids is 1. The van der Waals surface area contributed by atoms with Gasteiger partial charge < -0.3 is 4.90 Å². The molecule has 1 amide bonds. The van der Waals surface area contributed by atoms with E-state index in [1.165, 1.54) is 11.1 Å². The molecule has 0 radical (unpaired) electrons. The molecule has 18 heavy (non-hydrogen) atoms. The van der Waals surface area contributed by atoms with Crippen LogP contribution in [0.1, 0.15) is 51.7 Å². The van der Waals surface area contributed by atoms with Crippen LogP contribution < -0.4 is 0 Å². The fourth-order valence-corrected chi connectivity index (χ4v) is 1.97. The summed E-state index contributed by atoms with van der Waals surface area (Å²) >= 11 is 0. The van der Waals surface area contributed by atoms with Gasteiger partial charge in [-0.2, -0.15) is 0 Å². The van der Waals surface area contributed by atoms with Crippen LogP contribution in [-0.4, -0.2) is 17.4 Å². The Labute approximate surface area is 111 Å². The fourth-order valence-electron chi connectivity index (χ4n) is 1.97. The molecule has 0 heterocycles. The number of amides is 1. The zero-order valence-electron chi connectivity index (χ0n) is 12.2. The van der Waals surface area contributed by atoms with Gasteiger partial charge in [-0.05, 0) is 23.0 Å². The van der Waals surface area contributed by atoms with Crippen LogP contribution in [0.3, 0.4) is 0 Å². The Bertz CT molecular complexity index is 379. The van der Waals surface area contributed by atoms with E-state index < -0.39 is 0 Å². The molecule has 0 fully saturated rings. The van der Waals surface area contributed by atoms with Crippen molar-refractivity contribution in [3.8, 4) is 0 Å². The number of nitrogens with zero attached hydrogens (tertiary/aromatic N) is 1. The SMILES string of the molecule is CC(=O)N(Cc1ccc(C(C)C)cc1)CC(C)C. The number of rotatable bonds is 5. The predicted molar refractivity (Wildman–Crippen MR) is 76.5 cm³/mol. The first-order valence-corrected chi connectivity index (χ1v) is 6.74. The highest BCUT2D eigenvalue weighted by atomic mass is 16.2. The van der Waals surface area contributed by atoms with E-state index in [0.29, 0.717) is 18.4 Å². The third kappa shape index (κ3) is 4.52. The first kappa shape index (κ1) is 14.7. The van der Waals surface area contributed by atoms with Crippen molar-refractivity contribution in [2.45, 2.75) is 47.1 Å². The second-order valence-electron chi connectivity index (χ2n) is 5.69. The number of carbonyl (C=O) groups is 1. The maximum absolute atomic E-state index is 11.6. The smallest absolute Gasteiger partial charge is 0.219 e. The molecule has 0 N–H and O–H groups in total. The Balaban J connectivity index is 2.72. The highest BCUT2D eigenvalue weighted by Gasteiger charge is 2.11. The van der Waals surface area contributed by atoms with Crippen LogP contribution in [0.4, 0.5) is 0 Å². The fraction of sp³-hybridized carbons (Fsp3) is 0.562. The van der Waals surface area contributed by atoms with Gasteiger partial charge in [-0.3, -0.25) is 4.79 Å². The summed E-state index contributed by atoms with van der Waals surface area (Å²) in [5.74, 6) is 1.21. The van der Waals surface area contributed by atoms with E-state index >= 15 is 0 Å². The van der Waals surface area contributed by atoms with Gasteiger partial charge in [-0.15, -0.1) is 0 Å². The van der Waals surface area contributed by atoms with E-state index in [0.717, 1.165) is 6.54 Å². The first-order valence-electron chi connectivity index (χ1n) is 6.74. The van der Waals surface area contributed by atoms with Crippen molar-refractivity contribution in [1.82, 2.24) is 4.90 Å². The Morgan fingerprint density at radius 2 is 1.67 bits per heavy atom. The predicted octanol–water partition coefficient (Wildman–Crippen LogP) is 3.81. The third-order valence-corrected chi connectivity index (χ3v) is 3.05. The van der Waals surface area contributed by atoms with Gasteiger partial charge in [0.2, 0.25) is 5.91 Å². The number of hydrogen-bond donors (Lipinski definition) is 0. The van der Waals surface area contributed by atoms with Gasteiger partial charge in [-0.25, -0.2) is 0 Å². The molecule has 0 bridgehead atoms. The summed E-state index contributed by atoms with van der Waals surface area (Å²) in [6.45, 7) is 11.8. The van der Waals surface area contributed by atoms with Gasteiger partial charge in [0.05, 0.1) is 0 Å². The third-order valence-electron chi connectivity index (χ3n) is 3.05. The highest BCUT2D eigenvalue weighted by molar-refractivity contribution is 5.73. The summed E-state index contributed by atoms with van der Waals surface area (Å²) in [6, 6.07) is 8.58. The van der Waals surface area contributed by atoms with E-state index in [9.17, 15) is 4.79 Å². The number of benzene rings is 1. The molecule has 1 aromatic carbocycles. The normalized spacial score (nSPS) is 11.1. The van der Waals surface area contributed by atoms with Crippen LogP contribution in [0.2, 0.25) is 0 Å². The van der Waals surface area contributed by atoms with Crippen LogP contribution in [0, 0.1) is 5.92 Å². The molecule has 0 saturated heterocycles. The van der Waals surface area contributed by atoms with Crippen LogP contribution in [0.15, 0.2) is 24.3 Å². The zero-order chi connectivity index (χ0) is 13.7. The molecule has 0 aliphatic carbocycles. The molecule has 1 aromatic rings. The lowest BCUT2D eigenvalue weighted by Crippen LogP contribution is -2.31. The minimum Gasteiger partial charge on any atom is -0.338 e. The number of hydrogen-bond acceptors (Lipinski definition) is 1. The van der Waals surface area contributed by atoms with Crippen molar-refractivity contribution in [2.24, 2.45) is 5.92 Å². The topological polar surface area (TPSA) is 20.3 Å². The van der Waals surface area contributed by atoms with Gasteiger partial charge in [0, 0.05) is 20.0 Å². The summed E-state index contributed by atoms with van der Waals surface area (Å²) in [5.41, 5.74) is 2.55. The summed E-state index contributed by atoms with van der Waals surface area (Å²) < 4.78 is 0. The van der Waals surface area contributed by atoms with Gasteiger partial charge in [0.1, 0.15) is 0 Å². The average molecular weight is 247 g/mol. The minimum absolute atomic E-state index is 0.150. The zero-order valence-corrected chi connectivity index (χ0v) is 12.2. The van der Waals surface area contributed by atoms with E-state index in [-0.39, 0.29) is 5.91 Å². The van der Waals surface area contributed by atoms with Crippen LogP contribution in [0.5, 0.6) is 0 Å². The lowest BCUT2D eigenvalue weighted by molar-refractivity contribution is -0.129. The standard InChI is InChI=1S/C16H25NO/c1-12(2)10-17(14(5)18)11-15-6-8-16(9-7-15)13(3)4/h6-9,12-13H,10-11H2,1-5H3. The molecule has 2 nitrogen and oxygen atoms in total. The Kier molecular flexibility index (Phi) is 5.39. The molecule has 100 valence electrons. The maximum Gasteiger partial charge on any atom is 0.219 e. The molecule has 0 aromatic heterocycles. The lowest BCUT2D eigenvalue weighted by Gasteiger charge is -2.23. The minimum atomic E-state index is 0.150. The summed E-state index contributed by atoms with van der Waals surface area (Å²) in [6.07, 6.45) is 0. The average Bonchev–Trinajstić information content (AvgIpc) is 2.28. The Morgan fingerprint density at radius 1 is 1.11 bits per heavy atom. The Morgan fingerprint density at radius 3 is 2.06 bits per heavy atom. The maximum atomic E-state index is 11.6. The molecule has 0 atom stereocenters. The van der Waals surface area contributed by atoms with E-state index in [1.807, 2.05) is 4.90 Å². The molecule has 0 saturated carbocycles. The van der Waals surface area contributed by atoms with E-state index in [2.05, 4.69) is 52.0 Å². The molecule has 0 unspecified atom stereocenters. The molecule has 0 aliphatic rings. The van der Waals surface area contributed by atoms with Crippen molar-refractivity contribution in [3.63, 3.8) is 0 Å². The van der Waals surface area contributed by atoms with Gasteiger partial charge in [0.15, 0.2) is 0 Å². The van der Waals surface area contributed by atoms with E-state index in [4.69, 9.17) is 0 Å². The molecule has 1 rings (SSSR count). The van der Waals surface area contributed by atoms with Crippen molar-refractivity contribution >= 4 is 5.91 Å². The first-order chi connectivity index (χ1) is 8.40. The van der Waals surface area contributed by atoms with Crippen LogP contribution in [0.25, 0.3) is 0 Å². The highest BCUT2D eigenvalue weighted by Crippen LogP contribution is 2.16. The monoisotopic (exact) mass is 247 g/mol. The molecule has 0 spiro atoms. The van der Waals surface area contributed by atoms with Crippen molar-refractivity contribution in [2.75, 3.05) is 6.54 Å². The molecule has 0 aliphatic heterocycles. The van der Waals surface area contributed by atoms with E-state index in [1.54, 1.807) is 6.92 Å². The van der Waals surface area contributed by atoms with Crippen molar-refractivity contribution in [3.05, 3.63) is 35.4 Å². The summed E-state index contributed by atoms with van der Waals surface area (Å²) in [4.78, 5) is 13.5. The Hall–Kier alpha value is -1.31. The van der Waals surface area contributed by atoms with Crippen LogP contribution in [-0.2, 0) is 11.3 Å². The van der Waals surface area contributed by atoms with Gasteiger partial charge >= 0.3 is 0 Å². The van der Waals surface area contributed by atoms with Gasteiger partial charge in [-0.1, -0.05) is 52.0 Å². The molecular weight excluding hydrogens is 222 g/mol. The summed E-state index contributed by atoms with van der Waals surface area (Å²) in [7, 11) is 0. The molecule has 2 heteroatoms. The summed E-state index contributed by atoms with van der Waals surface area (Å²) in [5, 5.41) is 0. The lowest BCUT2D eigenvalue weighted by atomic mass is 10.0. The van der Waals surface area contributed by atoms with Gasteiger partial charge in [0.25, 0.3) is 0 Å². The second kappa shape index (κ2) is 6.58. The van der Waals surface area contributed by atoms with Crippen LogP contribution >= 0.6 is 0 Å². The largest absolute Gasteiger partial charge is 0.338 e. The van der Waals surface area contributed by atoms with Crippen molar-refractivity contribution in [1.29, 1.82) is 0 Å². The second-order valence-corrected chi connectivity index (χ2v) is 5.69. The van der Waals surface area contributed by atoms with Crippen molar-refractivity contribution < 1.29 is 4.79 Å². The quantitative estimate of drug-likeness (QED) is 0.774.